The molecule has 0 bridgehead atoms. The van der Waals surface area contributed by atoms with Crippen molar-refractivity contribution in [1.29, 1.82) is 0 Å². The van der Waals surface area contributed by atoms with Gasteiger partial charge in [-0.25, -0.2) is 0 Å². The van der Waals surface area contributed by atoms with Gasteiger partial charge in [0, 0.05) is 23.6 Å². The van der Waals surface area contributed by atoms with Crippen molar-refractivity contribution < 1.29 is 9.32 Å². The van der Waals surface area contributed by atoms with Gasteiger partial charge in [-0.15, -0.1) is 24.2 Å². The van der Waals surface area contributed by atoms with Crippen LogP contribution in [0.1, 0.15) is 45.5 Å². The predicted octanol–water partition coefficient (Wildman–Crippen LogP) is 2.26. The Morgan fingerprint density at radius 2 is 2.23 bits per heavy atom. The molecule has 1 aliphatic rings. The molecule has 6 nitrogen and oxygen atoms in total. The highest BCUT2D eigenvalue weighted by Gasteiger charge is 2.38. The van der Waals surface area contributed by atoms with E-state index in [0.29, 0.717) is 30.1 Å². The van der Waals surface area contributed by atoms with E-state index >= 15 is 0 Å². The van der Waals surface area contributed by atoms with Crippen molar-refractivity contribution in [2.45, 2.75) is 46.2 Å². The molecule has 1 aliphatic heterocycles. The first-order valence-corrected chi connectivity index (χ1v) is 8.37. The van der Waals surface area contributed by atoms with Crippen LogP contribution in [0.4, 0.5) is 0 Å². The highest BCUT2D eigenvalue weighted by Crippen LogP contribution is 2.35. The van der Waals surface area contributed by atoms with Crippen LogP contribution in [0.3, 0.4) is 0 Å². The average Bonchev–Trinajstić information content (AvgIpc) is 3.04. The predicted molar refractivity (Wildman–Crippen MR) is 90.1 cm³/mol. The summed E-state index contributed by atoms with van der Waals surface area (Å²) in [5.74, 6) is 2.86. The molecule has 1 saturated heterocycles. The summed E-state index contributed by atoms with van der Waals surface area (Å²) in [6.45, 7) is 7.87. The highest BCUT2D eigenvalue weighted by molar-refractivity contribution is 7.99. The van der Waals surface area contributed by atoms with Gasteiger partial charge in [0.1, 0.15) is 6.04 Å². The number of hydrogen-bond acceptors (Lipinski definition) is 6. The Labute approximate surface area is 142 Å². The van der Waals surface area contributed by atoms with E-state index in [1.807, 2.05) is 32.7 Å². The second kappa shape index (κ2) is 7.66. The second-order valence-corrected chi connectivity index (χ2v) is 7.48. The van der Waals surface area contributed by atoms with Crippen molar-refractivity contribution in [3.8, 4) is 0 Å². The molecule has 2 atom stereocenters. The first kappa shape index (κ1) is 19.3. The number of nitrogens with zero attached hydrogens (tertiary/aromatic N) is 3. The Balaban J connectivity index is 0.00000242. The lowest BCUT2D eigenvalue weighted by Gasteiger charge is -2.28. The van der Waals surface area contributed by atoms with Crippen LogP contribution in [0, 0.1) is 5.41 Å². The zero-order valence-corrected chi connectivity index (χ0v) is 15.4. The standard InChI is InChI=1S/C14H24N4O2S.ClH/c1-9(15-5)6-11-16-12(20-17-11)10-7-21-8-18(10)13(19)14(2,3)4;/h9-10,15H,6-8H2,1-5H3;1H. The molecule has 8 heteroatoms. The Hall–Kier alpha value is -0.790. The lowest BCUT2D eigenvalue weighted by Crippen LogP contribution is -2.39. The van der Waals surface area contributed by atoms with E-state index in [0.717, 1.165) is 5.75 Å². The third-order valence-electron chi connectivity index (χ3n) is 3.54. The fourth-order valence-corrected chi connectivity index (χ4v) is 3.28. The molecule has 126 valence electrons. The summed E-state index contributed by atoms with van der Waals surface area (Å²) in [5.41, 5.74) is -0.396. The maximum atomic E-state index is 12.5. The molecule has 0 saturated carbocycles. The number of likely N-dealkylation sites (N-methyl/N-ethyl adjacent to an activating group) is 1. The topological polar surface area (TPSA) is 71.3 Å². The van der Waals surface area contributed by atoms with E-state index in [-0.39, 0.29) is 24.4 Å². The molecule has 0 aromatic carbocycles. The van der Waals surface area contributed by atoms with Crippen LogP contribution >= 0.6 is 24.2 Å². The normalized spacial score (nSPS) is 19.9. The van der Waals surface area contributed by atoms with Gasteiger partial charge in [0.15, 0.2) is 5.82 Å². The maximum absolute atomic E-state index is 12.5. The number of nitrogens with one attached hydrogen (secondary N) is 1. The summed E-state index contributed by atoms with van der Waals surface area (Å²) >= 11 is 1.72. The van der Waals surface area contributed by atoms with Crippen molar-refractivity contribution in [3.63, 3.8) is 0 Å². The molecule has 1 amide bonds. The molecule has 1 N–H and O–H groups in total. The Bertz CT molecular complexity index is 503. The summed E-state index contributed by atoms with van der Waals surface area (Å²) in [4.78, 5) is 18.8. The summed E-state index contributed by atoms with van der Waals surface area (Å²) < 4.78 is 5.39. The number of thioether (sulfide) groups is 1. The second-order valence-electron chi connectivity index (χ2n) is 6.48. The number of amides is 1. The molecular formula is C14H25ClN4O2S. The Kier molecular flexibility index (Phi) is 6.70. The van der Waals surface area contributed by atoms with E-state index in [1.165, 1.54) is 0 Å². The van der Waals surface area contributed by atoms with Gasteiger partial charge in [-0.1, -0.05) is 25.9 Å². The first-order valence-electron chi connectivity index (χ1n) is 7.21. The zero-order chi connectivity index (χ0) is 15.6. The van der Waals surface area contributed by atoms with E-state index in [1.54, 1.807) is 11.8 Å². The Morgan fingerprint density at radius 3 is 2.82 bits per heavy atom. The highest BCUT2D eigenvalue weighted by atomic mass is 35.5. The minimum absolute atomic E-state index is 0. The molecule has 2 rings (SSSR count). The molecule has 0 aliphatic carbocycles. The molecular weight excluding hydrogens is 324 g/mol. The van der Waals surface area contributed by atoms with Crippen molar-refractivity contribution in [2.24, 2.45) is 5.41 Å². The van der Waals surface area contributed by atoms with Crippen molar-refractivity contribution in [1.82, 2.24) is 20.4 Å². The third kappa shape index (κ3) is 4.36. The van der Waals surface area contributed by atoms with Gasteiger partial charge >= 0.3 is 0 Å². The van der Waals surface area contributed by atoms with Crippen LogP contribution in [-0.4, -0.2) is 45.7 Å². The molecule has 1 aromatic heterocycles. The van der Waals surface area contributed by atoms with E-state index < -0.39 is 5.41 Å². The van der Waals surface area contributed by atoms with Crippen LogP contribution in [0.25, 0.3) is 0 Å². The van der Waals surface area contributed by atoms with Crippen LogP contribution < -0.4 is 5.32 Å². The maximum Gasteiger partial charge on any atom is 0.250 e. The fourth-order valence-electron chi connectivity index (χ4n) is 2.14. The Morgan fingerprint density at radius 1 is 1.55 bits per heavy atom. The lowest BCUT2D eigenvalue weighted by molar-refractivity contribution is -0.140. The fraction of sp³-hybridized carbons (Fsp3) is 0.786. The van der Waals surface area contributed by atoms with Gasteiger partial charge in [-0.2, -0.15) is 4.98 Å². The number of carbonyl (C=O) groups excluding carboxylic acids is 1. The van der Waals surface area contributed by atoms with E-state index in [9.17, 15) is 4.79 Å². The molecule has 2 heterocycles. The third-order valence-corrected chi connectivity index (χ3v) is 4.55. The van der Waals surface area contributed by atoms with Gasteiger partial charge in [0.2, 0.25) is 11.8 Å². The minimum atomic E-state index is -0.396. The summed E-state index contributed by atoms with van der Waals surface area (Å²) in [7, 11) is 1.91. The molecule has 2 unspecified atom stereocenters. The molecule has 1 aromatic rings. The van der Waals surface area contributed by atoms with Crippen LogP contribution in [0.2, 0.25) is 0 Å². The van der Waals surface area contributed by atoms with Crippen molar-refractivity contribution in [2.75, 3.05) is 18.7 Å². The zero-order valence-electron chi connectivity index (χ0n) is 13.8. The summed E-state index contributed by atoms with van der Waals surface area (Å²) in [5, 5.41) is 7.18. The van der Waals surface area contributed by atoms with Gasteiger partial charge in [-0.3, -0.25) is 4.79 Å². The smallest absolute Gasteiger partial charge is 0.250 e. The van der Waals surface area contributed by atoms with E-state index in [4.69, 9.17) is 4.52 Å². The van der Waals surface area contributed by atoms with Crippen molar-refractivity contribution in [3.05, 3.63) is 11.7 Å². The lowest BCUT2D eigenvalue weighted by atomic mass is 9.94. The van der Waals surface area contributed by atoms with Gasteiger partial charge < -0.3 is 14.7 Å². The molecule has 0 spiro atoms. The average molecular weight is 349 g/mol. The monoisotopic (exact) mass is 348 g/mol. The largest absolute Gasteiger partial charge is 0.337 e. The number of rotatable bonds is 4. The quantitative estimate of drug-likeness (QED) is 0.899. The van der Waals surface area contributed by atoms with E-state index in [2.05, 4.69) is 22.4 Å². The number of aromatic nitrogens is 2. The molecule has 22 heavy (non-hydrogen) atoms. The number of halogens is 1. The van der Waals surface area contributed by atoms with Crippen LogP contribution in [0.15, 0.2) is 4.52 Å². The minimum Gasteiger partial charge on any atom is -0.337 e. The summed E-state index contributed by atoms with van der Waals surface area (Å²) in [6.07, 6.45) is 0.715. The SMILES string of the molecule is CNC(C)Cc1noc(C2CSCN2C(=O)C(C)(C)C)n1.Cl. The van der Waals surface area contributed by atoms with Crippen molar-refractivity contribution >= 4 is 30.1 Å². The van der Waals surface area contributed by atoms with Gasteiger partial charge in [0.25, 0.3) is 0 Å². The molecule has 1 fully saturated rings. The van der Waals surface area contributed by atoms with Crippen LogP contribution in [0.5, 0.6) is 0 Å². The summed E-state index contributed by atoms with van der Waals surface area (Å²) in [6, 6.07) is 0.189. The first-order chi connectivity index (χ1) is 9.82. The van der Waals surface area contributed by atoms with Gasteiger partial charge in [0.05, 0.1) is 5.88 Å². The number of hydrogen-bond donors (Lipinski definition) is 1. The number of carbonyl (C=O) groups is 1. The van der Waals surface area contributed by atoms with Crippen LogP contribution in [-0.2, 0) is 11.2 Å². The van der Waals surface area contributed by atoms with Gasteiger partial charge in [-0.05, 0) is 14.0 Å². The molecule has 0 radical (unpaired) electrons.